The van der Waals surface area contributed by atoms with Gasteiger partial charge in [0.05, 0.1) is 0 Å². The third kappa shape index (κ3) is 5.48. The van der Waals surface area contributed by atoms with Gasteiger partial charge < -0.3 is 15.4 Å². The van der Waals surface area contributed by atoms with Gasteiger partial charge in [0.2, 0.25) is 11.8 Å². The monoisotopic (exact) mass is 334 g/mol. The number of nitrogens with one attached hydrogen (secondary N) is 2. The van der Waals surface area contributed by atoms with E-state index in [2.05, 4.69) is 15.4 Å². The van der Waals surface area contributed by atoms with Crippen molar-refractivity contribution in [3.8, 4) is 5.75 Å². The second-order valence-electron chi connectivity index (χ2n) is 5.12. The predicted octanol–water partition coefficient (Wildman–Crippen LogP) is 2.47. The molecule has 1 aromatic rings. The minimum absolute atomic E-state index is 0.0650. The van der Waals surface area contributed by atoms with Crippen LogP contribution in [0.15, 0.2) is 18.2 Å². The van der Waals surface area contributed by atoms with Crippen molar-refractivity contribution in [1.82, 2.24) is 10.6 Å². The third-order valence-corrected chi connectivity index (χ3v) is 2.97. The molecule has 0 spiro atoms. The maximum absolute atomic E-state index is 12.3. The molecule has 0 aliphatic rings. The molecular weight excluding hydrogens is 318 g/mol. The first-order chi connectivity index (χ1) is 10.1. The number of benzene rings is 1. The fourth-order valence-electron chi connectivity index (χ4n) is 1.79. The van der Waals surface area contributed by atoms with Crippen molar-refractivity contribution < 1.29 is 23.1 Å². The molecule has 122 valence electrons. The zero-order chi connectivity index (χ0) is 16.9. The summed E-state index contributed by atoms with van der Waals surface area (Å²) < 4.78 is 29.1. The molecule has 8 heteroatoms. The molecule has 0 radical (unpaired) electrons. The molecule has 0 fully saturated rings. The van der Waals surface area contributed by atoms with Crippen LogP contribution >= 0.6 is 11.6 Å². The van der Waals surface area contributed by atoms with Gasteiger partial charge in [-0.2, -0.15) is 8.78 Å². The molecule has 0 saturated carbocycles. The number of carbonyl (C=O) groups excluding carboxylic acids is 2. The van der Waals surface area contributed by atoms with E-state index in [1.54, 1.807) is 0 Å². The lowest BCUT2D eigenvalue weighted by Gasteiger charge is -2.24. The number of hydrogen-bond acceptors (Lipinski definition) is 3. The standard InChI is InChI=1S/C14H17ClF2N2O3/c1-8(20)19-14(2,3)12(21)18-7-9-6-10(15)4-5-11(9)22-13(16)17/h4-6,13H,7H2,1-3H3,(H,18,21)(H,19,20). The molecule has 1 rings (SSSR count). The average molecular weight is 335 g/mol. The van der Waals surface area contributed by atoms with Crippen molar-refractivity contribution in [3.05, 3.63) is 28.8 Å². The lowest BCUT2D eigenvalue weighted by Crippen LogP contribution is -2.54. The molecule has 22 heavy (non-hydrogen) atoms. The largest absolute Gasteiger partial charge is 0.434 e. The van der Waals surface area contributed by atoms with Gasteiger partial charge in [0.25, 0.3) is 0 Å². The van der Waals surface area contributed by atoms with Gasteiger partial charge in [0.1, 0.15) is 11.3 Å². The van der Waals surface area contributed by atoms with E-state index in [1.165, 1.54) is 39.0 Å². The van der Waals surface area contributed by atoms with E-state index in [0.717, 1.165) is 0 Å². The summed E-state index contributed by atoms with van der Waals surface area (Å²) in [5.41, 5.74) is -0.825. The van der Waals surface area contributed by atoms with Crippen LogP contribution in [0.2, 0.25) is 5.02 Å². The Kier molecular flexibility index (Phi) is 6.11. The normalized spacial score (nSPS) is 11.2. The van der Waals surface area contributed by atoms with Crippen molar-refractivity contribution in [1.29, 1.82) is 0 Å². The number of alkyl halides is 2. The number of hydrogen-bond donors (Lipinski definition) is 2. The first-order valence-electron chi connectivity index (χ1n) is 6.42. The Morgan fingerprint density at radius 1 is 1.36 bits per heavy atom. The summed E-state index contributed by atoms with van der Waals surface area (Å²) in [5, 5.41) is 5.36. The van der Waals surface area contributed by atoms with Crippen LogP contribution in [-0.2, 0) is 16.1 Å². The zero-order valence-corrected chi connectivity index (χ0v) is 13.1. The van der Waals surface area contributed by atoms with E-state index >= 15 is 0 Å². The van der Waals surface area contributed by atoms with Crippen molar-refractivity contribution in [3.63, 3.8) is 0 Å². The van der Waals surface area contributed by atoms with Crippen LogP contribution in [-0.4, -0.2) is 24.0 Å². The molecule has 1 aromatic carbocycles. The van der Waals surface area contributed by atoms with Crippen LogP contribution in [0.4, 0.5) is 8.78 Å². The molecule has 0 heterocycles. The molecule has 0 aromatic heterocycles. The molecule has 2 amide bonds. The summed E-state index contributed by atoms with van der Waals surface area (Å²) in [7, 11) is 0. The van der Waals surface area contributed by atoms with E-state index in [-0.39, 0.29) is 18.2 Å². The second kappa shape index (κ2) is 7.40. The van der Waals surface area contributed by atoms with Crippen molar-refractivity contribution in [2.75, 3.05) is 0 Å². The number of carbonyl (C=O) groups is 2. The van der Waals surface area contributed by atoms with Crippen LogP contribution in [0, 0.1) is 0 Å². The maximum Gasteiger partial charge on any atom is 0.387 e. The van der Waals surface area contributed by atoms with Crippen molar-refractivity contribution in [2.45, 2.75) is 39.5 Å². The lowest BCUT2D eigenvalue weighted by atomic mass is 10.0. The van der Waals surface area contributed by atoms with Gasteiger partial charge in [-0.25, -0.2) is 0 Å². The van der Waals surface area contributed by atoms with Crippen LogP contribution in [0.1, 0.15) is 26.3 Å². The predicted molar refractivity (Wildman–Crippen MR) is 77.8 cm³/mol. The van der Waals surface area contributed by atoms with Gasteiger partial charge in [-0.1, -0.05) is 11.6 Å². The highest BCUT2D eigenvalue weighted by Crippen LogP contribution is 2.24. The molecule has 0 unspecified atom stereocenters. The number of rotatable bonds is 6. The lowest BCUT2D eigenvalue weighted by molar-refractivity contribution is -0.131. The molecule has 0 aliphatic carbocycles. The Morgan fingerprint density at radius 2 is 2.00 bits per heavy atom. The third-order valence-electron chi connectivity index (χ3n) is 2.73. The quantitative estimate of drug-likeness (QED) is 0.840. The first-order valence-corrected chi connectivity index (χ1v) is 6.80. The Morgan fingerprint density at radius 3 is 2.55 bits per heavy atom. The van der Waals surface area contributed by atoms with Gasteiger partial charge in [-0.05, 0) is 32.0 Å². The molecule has 0 aliphatic heterocycles. The molecule has 5 nitrogen and oxygen atoms in total. The Balaban J connectivity index is 2.80. The summed E-state index contributed by atoms with van der Waals surface area (Å²) in [6.45, 7) is 1.30. The van der Waals surface area contributed by atoms with E-state index in [1.807, 2.05) is 0 Å². The first kappa shape index (κ1) is 18.2. The molecule has 2 N–H and O–H groups in total. The minimum atomic E-state index is -2.98. The van der Waals surface area contributed by atoms with E-state index in [0.29, 0.717) is 10.6 Å². The molecule has 0 bridgehead atoms. The summed E-state index contributed by atoms with van der Waals surface area (Å²) in [4.78, 5) is 23.1. The van der Waals surface area contributed by atoms with Gasteiger partial charge in [-0.15, -0.1) is 0 Å². The Labute approximate surface area is 132 Å². The number of halogens is 3. The molecule has 0 atom stereocenters. The molecule has 0 saturated heterocycles. The fourth-order valence-corrected chi connectivity index (χ4v) is 1.99. The summed E-state index contributed by atoms with van der Waals surface area (Å²) in [6.07, 6.45) is 0. The van der Waals surface area contributed by atoms with Crippen LogP contribution in [0.25, 0.3) is 0 Å². The van der Waals surface area contributed by atoms with Gasteiger partial charge in [-0.3, -0.25) is 9.59 Å². The fraction of sp³-hybridized carbons (Fsp3) is 0.429. The Hall–Kier alpha value is -1.89. The highest BCUT2D eigenvalue weighted by atomic mass is 35.5. The topological polar surface area (TPSA) is 67.4 Å². The van der Waals surface area contributed by atoms with E-state index in [4.69, 9.17) is 11.6 Å². The average Bonchev–Trinajstić information content (AvgIpc) is 2.36. The highest BCUT2D eigenvalue weighted by molar-refractivity contribution is 6.30. The molecular formula is C14H17ClF2N2O3. The minimum Gasteiger partial charge on any atom is -0.434 e. The summed E-state index contributed by atoms with van der Waals surface area (Å²) in [5.74, 6) is -0.896. The SMILES string of the molecule is CC(=O)NC(C)(C)C(=O)NCc1cc(Cl)ccc1OC(F)F. The summed E-state index contributed by atoms with van der Waals surface area (Å²) in [6, 6.07) is 4.13. The van der Waals surface area contributed by atoms with Crippen LogP contribution in [0.3, 0.4) is 0 Å². The van der Waals surface area contributed by atoms with Crippen molar-refractivity contribution >= 4 is 23.4 Å². The van der Waals surface area contributed by atoms with E-state index < -0.39 is 18.1 Å². The maximum atomic E-state index is 12.3. The van der Waals surface area contributed by atoms with Gasteiger partial charge >= 0.3 is 6.61 Å². The van der Waals surface area contributed by atoms with E-state index in [9.17, 15) is 18.4 Å². The Bertz CT molecular complexity index is 565. The van der Waals surface area contributed by atoms with Crippen LogP contribution < -0.4 is 15.4 Å². The zero-order valence-electron chi connectivity index (χ0n) is 12.4. The van der Waals surface area contributed by atoms with Gasteiger partial charge in [0, 0.05) is 24.1 Å². The highest BCUT2D eigenvalue weighted by Gasteiger charge is 2.28. The smallest absolute Gasteiger partial charge is 0.387 e. The number of ether oxygens (including phenoxy) is 1. The second-order valence-corrected chi connectivity index (χ2v) is 5.56. The number of amides is 2. The summed E-state index contributed by atoms with van der Waals surface area (Å²) >= 11 is 5.81. The van der Waals surface area contributed by atoms with Crippen LogP contribution in [0.5, 0.6) is 5.75 Å². The van der Waals surface area contributed by atoms with Crippen molar-refractivity contribution in [2.24, 2.45) is 0 Å². The van der Waals surface area contributed by atoms with Gasteiger partial charge in [0.15, 0.2) is 0 Å².